The lowest BCUT2D eigenvalue weighted by molar-refractivity contribution is -0.384. The van der Waals surface area contributed by atoms with Crippen molar-refractivity contribution in [3.05, 3.63) is 34.4 Å². The Balaban J connectivity index is 2.40. The molecule has 2 rings (SSSR count). The standard InChI is InChI=1S/C10H9N3O4/c1-6-9(14)12(10(15)11-6)7-3-2-4-8(5-7)13(16)17/h2-6H,1H3,(H,11,15)/t6-/m0/s1. The number of anilines is 1. The lowest BCUT2D eigenvalue weighted by Crippen LogP contribution is -2.30. The van der Waals surface area contributed by atoms with Gasteiger partial charge in [-0.1, -0.05) is 6.07 Å². The molecule has 1 fully saturated rings. The number of benzene rings is 1. The second kappa shape index (κ2) is 3.85. The highest BCUT2D eigenvalue weighted by Crippen LogP contribution is 2.23. The molecule has 7 nitrogen and oxygen atoms in total. The van der Waals surface area contributed by atoms with Crippen LogP contribution >= 0.6 is 0 Å². The first-order valence-electron chi connectivity index (χ1n) is 4.89. The topological polar surface area (TPSA) is 92.6 Å². The summed E-state index contributed by atoms with van der Waals surface area (Å²) in [5.41, 5.74) is 0.0358. The van der Waals surface area contributed by atoms with Gasteiger partial charge in [0.05, 0.1) is 10.6 Å². The van der Waals surface area contributed by atoms with Crippen LogP contribution in [0.5, 0.6) is 0 Å². The van der Waals surface area contributed by atoms with Crippen molar-refractivity contribution in [2.75, 3.05) is 4.90 Å². The molecule has 7 heteroatoms. The second-order valence-corrected chi connectivity index (χ2v) is 3.62. The van der Waals surface area contributed by atoms with E-state index in [4.69, 9.17) is 0 Å². The van der Waals surface area contributed by atoms with Crippen LogP contribution in [-0.4, -0.2) is 22.9 Å². The van der Waals surface area contributed by atoms with Gasteiger partial charge in [-0.2, -0.15) is 0 Å². The largest absolute Gasteiger partial charge is 0.329 e. The number of urea groups is 1. The Morgan fingerprint density at radius 3 is 2.65 bits per heavy atom. The third-order valence-corrected chi connectivity index (χ3v) is 2.43. The van der Waals surface area contributed by atoms with Gasteiger partial charge in [0.2, 0.25) is 0 Å². The maximum absolute atomic E-state index is 11.7. The molecule has 0 spiro atoms. The van der Waals surface area contributed by atoms with Crippen molar-refractivity contribution in [1.29, 1.82) is 0 Å². The summed E-state index contributed by atoms with van der Waals surface area (Å²) in [6.07, 6.45) is 0. The number of amides is 3. The molecule has 17 heavy (non-hydrogen) atoms. The number of carbonyl (C=O) groups excluding carboxylic acids is 2. The minimum atomic E-state index is -0.609. The first-order chi connectivity index (χ1) is 8.00. The minimum Gasteiger partial charge on any atom is -0.326 e. The predicted octanol–water partition coefficient (Wildman–Crippen LogP) is 1.04. The normalized spacial score (nSPS) is 19.4. The van der Waals surface area contributed by atoms with Gasteiger partial charge >= 0.3 is 6.03 Å². The summed E-state index contributed by atoms with van der Waals surface area (Å²) in [6, 6.07) is 4.21. The summed E-state index contributed by atoms with van der Waals surface area (Å²) in [6.45, 7) is 1.55. The number of nitro benzene ring substituents is 1. The number of hydrogen-bond donors (Lipinski definition) is 1. The van der Waals surface area contributed by atoms with E-state index in [-0.39, 0.29) is 11.4 Å². The number of carbonyl (C=O) groups is 2. The van der Waals surface area contributed by atoms with E-state index in [1.807, 2.05) is 0 Å². The highest BCUT2D eigenvalue weighted by atomic mass is 16.6. The van der Waals surface area contributed by atoms with E-state index < -0.39 is 22.9 Å². The van der Waals surface area contributed by atoms with Crippen molar-refractivity contribution in [3.63, 3.8) is 0 Å². The molecule has 0 aliphatic carbocycles. The maximum Gasteiger partial charge on any atom is 0.329 e. The van der Waals surface area contributed by atoms with Crippen LogP contribution in [0.3, 0.4) is 0 Å². The molecular formula is C10H9N3O4. The van der Waals surface area contributed by atoms with Gasteiger partial charge in [0.15, 0.2) is 0 Å². The van der Waals surface area contributed by atoms with E-state index in [1.54, 1.807) is 6.92 Å². The lowest BCUT2D eigenvalue weighted by Gasteiger charge is -2.11. The zero-order valence-electron chi connectivity index (χ0n) is 8.91. The first kappa shape index (κ1) is 11.1. The molecule has 1 aliphatic rings. The van der Waals surface area contributed by atoms with Crippen LogP contribution < -0.4 is 10.2 Å². The Labute approximate surface area is 96.2 Å². The first-order valence-corrected chi connectivity index (χ1v) is 4.89. The second-order valence-electron chi connectivity index (χ2n) is 3.62. The molecule has 1 atom stereocenters. The van der Waals surface area contributed by atoms with Crippen LogP contribution in [0.1, 0.15) is 6.92 Å². The summed E-state index contributed by atoms with van der Waals surface area (Å²) in [5, 5.41) is 13.0. The van der Waals surface area contributed by atoms with E-state index in [9.17, 15) is 19.7 Å². The van der Waals surface area contributed by atoms with Crippen LogP contribution in [0.15, 0.2) is 24.3 Å². The van der Waals surface area contributed by atoms with Gasteiger partial charge in [0, 0.05) is 12.1 Å². The van der Waals surface area contributed by atoms with Crippen molar-refractivity contribution in [2.24, 2.45) is 0 Å². The van der Waals surface area contributed by atoms with E-state index in [2.05, 4.69) is 5.32 Å². The number of nitrogens with zero attached hydrogens (tertiary/aromatic N) is 2. The third kappa shape index (κ3) is 1.82. The molecule has 0 unspecified atom stereocenters. The summed E-state index contributed by atoms with van der Waals surface area (Å²) >= 11 is 0. The molecular weight excluding hydrogens is 226 g/mol. The number of imide groups is 1. The van der Waals surface area contributed by atoms with Crippen molar-refractivity contribution >= 4 is 23.3 Å². The van der Waals surface area contributed by atoms with Gasteiger partial charge in [-0.3, -0.25) is 14.9 Å². The van der Waals surface area contributed by atoms with Gasteiger partial charge in [-0.15, -0.1) is 0 Å². The summed E-state index contributed by atoms with van der Waals surface area (Å²) < 4.78 is 0. The molecule has 1 aliphatic heterocycles. The van der Waals surface area contributed by atoms with Gasteiger partial charge in [0.25, 0.3) is 11.6 Å². The van der Waals surface area contributed by atoms with Crippen molar-refractivity contribution < 1.29 is 14.5 Å². The summed E-state index contributed by atoms with van der Waals surface area (Å²) in [7, 11) is 0. The van der Waals surface area contributed by atoms with Crippen molar-refractivity contribution in [1.82, 2.24) is 5.32 Å². The van der Waals surface area contributed by atoms with Crippen LogP contribution in [0.4, 0.5) is 16.2 Å². The Hall–Kier alpha value is -2.44. The Morgan fingerprint density at radius 2 is 2.12 bits per heavy atom. The maximum atomic E-state index is 11.7. The highest BCUT2D eigenvalue weighted by Gasteiger charge is 2.36. The lowest BCUT2D eigenvalue weighted by atomic mass is 10.2. The van der Waals surface area contributed by atoms with E-state index in [0.29, 0.717) is 0 Å². The van der Waals surface area contributed by atoms with Crippen molar-refractivity contribution in [2.45, 2.75) is 13.0 Å². The third-order valence-electron chi connectivity index (χ3n) is 2.43. The monoisotopic (exact) mass is 235 g/mol. The van der Waals surface area contributed by atoms with Gasteiger partial charge in [0.1, 0.15) is 6.04 Å². The molecule has 1 aromatic rings. The molecule has 1 saturated heterocycles. The molecule has 1 N–H and O–H groups in total. The molecule has 0 aromatic heterocycles. The fourth-order valence-electron chi connectivity index (χ4n) is 1.60. The Morgan fingerprint density at radius 1 is 1.41 bits per heavy atom. The minimum absolute atomic E-state index is 0.164. The number of rotatable bonds is 2. The van der Waals surface area contributed by atoms with Gasteiger partial charge in [-0.25, -0.2) is 9.69 Å². The molecule has 0 bridgehead atoms. The molecule has 1 heterocycles. The van der Waals surface area contributed by atoms with E-state index in [0.717, 1.165) is 4.90 Å². The Kier molecular flexibility index (Phi) is 2.51. The van der Waals surface area contributed by atoms with Crippen LogP contribution in [0, 0.1) is 10.1 Å². The number of non-ortho nitro benzene ring substituents is 1. The smallest absolute Gasteiger partial charge is 0.326 e. The average Bonchev–Trinajstić information content (AvgIpc) is 2.53. The van der Waals surface area contributed by atoms with Gasteiger partial charge in [-0.05, 0) is 13.0 Å². The number of nitrogens with one attached hydrogen (secondary N) is 1. The van der Waals surface area contributed by atoms with Crippen molar-refractivity contribution in [3.8, 4) is 0 Å². The molecule has 0 saturated carbocycles. The Bertz CT molecular complexity index is 514. The quantitative estimate of drug-likeness (QED) is 0.471. The average molecular weight is 235 g/mol. The summed E-state index contributed by atoms with van der Waals surface area (Å²) in [4.78, 5) is 34.1. The zero-order chi connectivity index (χ0) is 12.6. The highest BCUT2D eigenvalue weighted by molar-refractivity contribution is 6.21. The predicted molar refractivity (Wildman–Crippen MR) is 58.6 cm³/mol. The fraction of sp³-hybridized carbons (Fsp3) is 0.200. The van der Waals surface area contributed by atoms with E-state index in [1.165, 1.54) is 24.3 Å². The number of nitro groups is 1. The van der Waals surface area contributed by atoms with E-state index >= 15 is 0 Å². The molecule has 3 amide bonds. The molecule has 1 aromatic carbocycles. The number of hydrogen-bond acceptors (Lipinski definition) is 4. The zero-order valence-corrected chi connectivity index (χ0v) is 8.91. The van der Waals surface area contributed by atoms with Gasteiger partial charge < -0.3 is 5.32 Å². The van der Waals surface area contributed by atoms with Crippen LogP contribution in [-0.2, 0) is 4.79 Å². The molecule has 0 radical (unpaired) electrons. The summed E-state index contributed by atoms with van der Waals surface area (Å²) in [5.74, 6) is -0.421. The molecule has 88 valence electrons. The SMILES string of the molecule is C[C@@H]1NC(=O)N(c2cccc([N+](=O)[O-])c2)C1=O. The van der Waals surface area contributed by atoms with Crippen LogP contribution in [0.25, 0.3) is 0 Å². The fourth-order valence-corrected chi connectivity index (χ4v) is 1.60. The van der Waals surface area contributed by atoms with Crippen LogP contribution in [0.2, 0.25) is 0 Å².